The average molecular weight is 203 g/mol. The Balaban J connectivity index is 1.83. The van der Waals surface area contributed by atoms with Gasteiger partial charge < -0.3 is 0 Å². The quantitative estimate of drug-likeness (QED) is 0.747. The van der Waals surface area contributed by atoms with E-state index in [4.69, 9.17) is 0 Å². The summed E-state index contributed by atoms with van der Waals surface area (Å²) in [5.41, 5.74) is 0. The Morgan fingerprint density at radius 3 is 2.23 bits per heavy atom. The highest BCUT2D eigenvalue weighted by molar-refractivity contribution is 7.89. The van der Waals surface area contributed by atoms with Gasteiger partial charge in [-0.2, -0.15) is 0 Å². The zero-order valence-corrected chi connectivity index (χ0v) is 8.65. The lowest BCUT2D eigenvalue weighted by atomic mass is 10.3. The molecule has 1 N–H and O–H groups in total. The molecule has 2 rings (SSSR count). The number of hydrogen-bond donors (Lipinski definition) is 1. The van der Waals surface area contributed by atoms with E-state index >= 15 is 0 Å². The molecule has 0 atom stereocenters. The fourth-order valence-corrected chi connectivity index (χ4v) is 3.73. The predicted molar refractivity (Wildman–Crippen MR) is 51.9 cm³/mol. The molecular formula is C9H17NO2S. The van der Waals surface area contributed by atoms with Gasteiger partial charge in [0.25, 0.3) is 0 Å². The van der Waals surface area contributed by atoms with Gasteiger partial charge in [0.05, 0.1) is 5.75 Å². The highest BCUT2D eigenvalue weighted by Crippen LogP contribution is 2.30. The second kappa shape index (κ2) is 3.58. The van der Waals surface area contributed by atoms with Crippen LogP contribution in [0.2, 0.25) is 0 Å². The Bertz CT molecular complexity index is 263. The van der Waals surface area contributed by atoms with Crippen LogP contribution in [0, 0.1) is 5.92 Å². The van der Waals surface area contributed by atoms with Gasteiger partial charge in [0.1, 0.15) is 0 Å². The van der Waals surface area contributed by atoms with E-state index < -0.39 is 10.0 Å². The summed E-state index contributed by atoms with van der Waals surface area (Å²) in [5.74, 6) is 0.822. The van der Waals surface area contributed by atoms with Crippen molar-refractivity contribution in [1.29, 1.82) is 0 Å². The number of rotatable bonds is 4. The molecule has 0 heterocycles. The molecule has 76 valence electrons. The van der Waals surface area contributed by atoms with E-state index in [1.165, 1.54) is 12.8 Å². The molecule has 2 saturated carbocycles. The van der Waals surface area contributed by atoms with Crippen molar-refractivity contribution in [2.75, 3.05) is 5.75 Å². The normalized spacial score (nSPS) is 25.2. The molecule has 0 aromatic carbocycles. The third-order valence-electron chi connectivity index (χ3n) is 2.85. The molecule has 0 aromatic heterocycles. The largest absolute Gasteiger partial charge is 0.212 e. The lowest BCUT2D eigenvalue weighted by molar-refractivity contribution is 0.549. The van der Waals surface area contributed by atoms with E-state index in [1.54, 1.807) is 0 Å². The molecule has 0 amide bonds. The van der Waals surface area contributed by atoms with E-state index in [1.807, 2.05) is 0 Å². The molecule has 0 bridgehead atoms. The molecule has 0 spiro atoms. The Morgan fingerprint density at radius 1 is 1.08 bits per heavy atom. The van der Waals surface area contributed by atoms with Crippen LogP contribution in [0.15, 0.2) is 0 Å². The van der Waals surface area contributed by atoms with Crippen LogP contribution >= 0.6 is 0 Å². The van der Waals surface area contributed by atoms with Crippen LogP contribution in [-0.4, -0.2) is 20.2 Å². The van der Waals surface area contributed by atoms with Crippen LogP contribution in [0.4, 0.5) is 0 Å². The van der Waals surface area contributed by atoms with Crippen LogP contribution in [0.1, 0.15) is 38.5 Å². The van der Waals surface area contributed by atoms with Crippen molar-refractivity contribution >= 4 is 10.0 Å². The maximum Gasteiger partial charge on any atom is 0.212 e. The van der Waals surface area contributed by atoms with E-state index in [-0.39, 0.29) is 6.04 Å². The van der Waals surface area contributed by atoms with E-state index in [2.05, 4.69) is 4.72 Å². The average Bonchev–Trinajstić information content (AvgIpc) is 2.64. The summed E-state index contributed by atoms with van der Waals surface area (Å²) in [6.45, 7) is 0. The van der Waals surface area contributed by atoms with Gasteiger partial charge in [0.15, 0.2) is 0 Å². The Hall–Kier alpha value is -0.0900. The van der Waals surface area contributed by atoms with Crippen LogP contribution in [-0.2, 0) is 10.0 Å². The summed E-state index contributed by atoms with van der Waals surface area (Å²) in [7, 11) is -2.95. The van der Waals surface area contributed by atoms with Gasteiger partial charge in [0, 0.05) is 6.04 Å². The van der Waals surface area contributed by atoms with Crippen LogP contribution in [0.3, 0.4) is 0 Å². The lowest BCUT2D eigenvalue weighted by Crippen LogP contribution is -2.34. The van der Waals surface area contributed by atoms with Gasteiger partial charge in [-0.15, -0.1) is 0 Å². The van der Waals surface area contributed by atoms with Gasteiger partial charge in [-0.1, -0.05) is 12.8 Å². The maximum atomic E-state index is 11.5. The summed E-state index contributed by atoms with van der Waals surface area (Å²) < 4.78 is 25.9. The van der Waals surface area contributed by atoms with Crippen molar-refractivity contribution in [3.05, 3.63) is 0 Å². The lowest BCUT2D eigenvalue weighted by Gasteiger charge is -2.11. The highest BCUT2D eigenvalue weighted by Gasteiger charge is 2.29. The molecule has 13 heavy (non-hydrogen) atoms. The summed E-state index contributed by atoms with van der Waals surface area (Å²) in [6.07, 6.45) is 6.62. The highest BCUT2D eigenvalue weighted by atomic mass is 32.2. The fraction of sp³-hybridized carbons (Fsp3) is 1.00. The van der Waals surface area contributed by atoms with Crippen molar-refractivity contribution < 1.29 is 8.42 Å². The van der Waals surface area contributed by atoms with E-state index in [0.29, 0.717) is 11.7 Å². The molecule has 2 aliphatic carbocycles. The van der Waals surface area contributed by atoms with Crippen molar-refractivity contribution in [1.82, 2.24) is 4.72 Å². The molecule has 3 nitrogen and oxygen atoms in total. The topological polar surface area (TPSA) is 46.2 Å². The molecule has 0 aliphatic heterocycles. The van der Waals surface area contributed by atoms with Gasteiger partial charge in [-0.05, 0) is 31.6 Å². The van der Waals surface area contributed by atoms with E-state index in [0.717, 1.165) is 25.7 Å². The summed E-state index contributed by atoms with van der Waals surface area (Å²) >= 11 is 0. The van der Waals surface area contributed by atoms with Gasteiger partial charge >= 0.3 is 0 Å². The first-order chi connectivity index (χ1) is 6.16. The third kappa shape index (κ3) is 2.95. The summed E-state index contributed by atoms with van der Waals surface area (Å²) in [6, 6.07) is 0.240. The minimum Gasteiger partial charge on any atom is -0.212 e. The SMILES string of the molecule is O=S(=O)(CC1CC1)NC1CCCC1. The second-order valence-electron chi connectivity index (χ2n) is 4.32. The first-order valence-electron chi connectivity index (χ1n) is 5.16. The summed E-state index contributed by atoms with van der Waals surface area (Å²) in [4.78, 5) is 0. The Morgan fingerprint density at radius 2 is 1.69 bits per heavy atom. The van der Waals surface area contributed by atoms with Crippen molar-refractivity contribution in [3.8, 4) is 0 Å². The third-order valence-corrected chi connectivity index (χ3v) is 4.46. The van der Waals surface area contributed by atoms with Crippen LogP contribution < -0.4 is 4.72 Å². The molecule has 0 saturated heterocycles. The van der Waals surface area contributed by atoms with Crippen LogP contribution in [0.5, 0.6) is 0 Å². The minimum atomic E-state index is -2.95. The Labute approximate surface area is 80.0 Å². The molecular weight excluding hydrogens is 186 g/mol. The van der Waals surface area contributed by atoms with Gasteiger partial charge in [0.2, 0.25) is 10.0 Å². The van der Waals surface area contributed by atoms with E-state index in [9.17, 15) is 8.42 Å². The first kappa shape index (κ1) is 9.46. The molecule has 4 heteroatoms. The number of sulfonamides is 1. The number of nitrogens with one attached hydrogen (secondary N) is 1. The van der Waals surface area contributed by atoms with Crippen LogP contribution in [0.25, 0.3) is 0 Å². The van der Waals surface area contributed by atoms with Crippen molar-refractivity contribution in [2.24, 2.45) is 5.92 Å². The molecule has 0 radical (unpaired) electrons. The predicted octanol–water partition coefficient (Wildman–Crippen LogP) is 1.26. The minimum absolute atomic E-state index is 0.240. The van der Waals surface area contributed by atoms with Crippen molar-refractivity contribution in [2.45, 2.75) is 44.6 Å². The van der Waals surface area contributed by atoms with Gasteiger partial charge in [-0.3, -0.25) is 0 Å². The fourth-order valence-electron chi connectivity index (χ4n) is 1.94. The van der Waals surface area contributed by atoms with Gasteiger partial charge in [-0.25, -0.2) is 13.1 Å². The molecule has 2 fully saturated rings. The monoisotopic (exact) mass is 203 g/mol. The Kier molecular flexibility index (Phi) is 2.60. The molecule has 0 unspecified atom stereocenters. The smallest absolute Gasteiger partial charge is 0.212 e. The first-order valence-corrected chi connectivity index (χ1v) is 6.81. The standard InChI is InChI=1S/C9H17NO2S/c11-13(12,7-8-5-6-8)10-9-3-1-2-4-9/h8-10H,1-7H2. The number of hydrogen-bond acceptors (Lipinski definition) is 2. The zero-order valence-electron chi connectivity index (χ0n) is 7.83. The maximum absolute atomic E-state index is 11.5. The zero-order chi connectivity index (χ0) is 9.31. The van der Waals surface area contributed by atoms with Crippen molar-refractivity contribution in [3.63, 3.8) is 0 Å². The molecule has 2 aliphatic rings. The second-order valence-corrected chi connectivity index (χ2v) is 6.12. The summed E-state index contributed by atoms with van der Waals surface area (Å²) in [5, 5.41) is 0. The molecule has 0 aromatic rings.